The average Bonchev–Trinajstić information content (AvgIpc) is 2.59. The number of carbonyl (C=O) groups is 1. The highest BCUT2D eigenvalue weighted by Crippen LogP contribution is 2.20. The molecule has 0 fully saturated rings. The van der Waals surface area contributed by atoms with Gasteiger partial charge in [-0.1, -0.05) is 36.4 Å². The number of hydrogen-bond acceptors (Lipinski definition) is 3. The molecule has 0 radical (unpaired) electrons. The molecule has 0 aliphatic carbocycles. The second kappa shape index (κ2) is 7.23. The predicted octanol–water partition coefficient (Wildman–Crippen LogP) is 4.04. The number of anilines is 1. The Morgan fingerprint density at radius 2 is 1.92 bits per heavy atom. The van der Waals surface area contributed by atoms with E-state index < -0.39 is 0 Å². The van der Waals surface area contributed by atoms with E-state index in [4.69, 9.17) is 0 Å². The molecule has 4 heteroatoms. The molecule has 3 aromatic rings. The van der Waals surface area contributed by atoms with Crippen molar-refractivity contribution in [3.63, 3.8) is 0 Å². The van der Waals surface area contributed by atoms with E-state index in [2.05, 4.69) is 52.9 Å². The van der Waals surface area contributed by atoms with Crippen molar-refractivity contribution in [1.29, 1.82) is 0 Å². The Labute approximate surface area is 141 Å². The first-order chi connectivity index (χ1) is 11.6. The quantitative estimate of drug-likeness (QED) is 0.746. The first kappa shape index (κ1) is 16.1. The van der Waals surface area contributed by atoms with Gasteiger partial charge in [0.25, 0.3) is 0 Å². The zero-order chi connectivity index (χ0) is 16.9. The van der Waals surface area contributed by atoms with Gasteiger partial charge in [0, 0.05) is 36.8 Å². The Morgan fingerprint density at radius 3 is 2.75 bits per heavy atom. The molecular weight excluding hydrogens is 298 g/mol. The van der Waals surface area contributed by atoms with Gasteiger partial charge in [-0.3, -0.25) is 9.78 Å². The number of rotatable bonds is 5. The van der Waals surface area contributed by atoms with Crippen molar-refractivity contribution in [3.05, 3.63) is 71.9 Å². The second-order valence-electron chi connectivity index (χ2n) is 5.90. The Kier molecular flexibility index (Phi) is 4.87. The molecule has 4 nitrogen and oxygen atoms in total. The van der Waals surface area contributed by atoms with E-state index in [0.29, 0.717) is 0 Å². The van der Waals surface area contributed by atoms with Crippen LogP contribution in [0.3, 0.4) is 0 Å². The zero-order valence-corrected chi connectivity index (χ0v) is 13.9. The molecule has 0 saturated carbocycles. The van der Waals surface area contributed by atoms with Gasteiger partial charge in [0.1, 0.15) is 0 Å². The number of para-hydroxylation sites is 1. The molecule has 0 aliphatic rings. The minimum atomic E-state index is -0.0606. The van der Waals surface area contributed by atoms with Crippen LogP contribution in [-0.4, -0.2) is 10.9 Å². The molecule has 24 heavy (non-hydrogen) atoms. The monoisotopic (exact) mass is 319 g/mol. The molecule has 0 spiro atoms. The van der Waals surface area contributed by atoms with Crippen LogP contribution in [0.2, 0.25) is 0 Å². The van der Waals surface area contributed by atoms with Gasteiger partial charge in [0.2, 0.25) is 5.91 Å². The number of pyridine rings is 1. The maximum absolute atomic E-state index is 11.2. The van der Waals surface area contributed by atoms with Crippen molar-refractivity contribution in [2.45, 2.75) is 26.4 Å². The van der Waals surface area contributed by atoms with Gasteiger partial charge in [-0.15, -0.1) is 0 Å². The van der Waals surface area contributed by atoms with Crippen LogP contribution in [0.5, 0.6) is 0 Å². The summed E-state index contributed by atoms with van der Waals surface area (Å²) < 4.78 is 0. The number of benzene rings is 2. The number of carbonyl (C=O) groups excluding carboxylic acids is 1. The maximum atomic E-state index is 11.2. The first-order valence-electron chi connectivity index (χ1n) is 8.07. The molecule has 1 heterocycles. The van der Waals surface area contributed by atoms with Crippen LogP contribution in [0.25, 0.3) is 10.9 Å². The molecule has 1 aromatic heterocycles. The first-order valence-corrected chi connectivity index (χ1v) is 8.07. The van der Waals surface area contributed by atoms with Crippen molar-refractivity contribution in [1.82, 2.24) is 10.3 Å². The summed E-state index contributed by atoms with van der Waals surface area (Å²) in [5.41, 5.74) is 4.17. The van der Waals surface area contributed by atoms with Crippen molar-refractivity contribution in [2.75, 3.05) is 5.32 Å². The van der Waals surface area contributed by atoms with Crippen LogP contribution in [0.4, 0.5) is 5.69 Å². The van der Waals surface area contributed by atoms with Crippen molar-refractivity contribution in [2.24, 2.45) is 0 Å². The van der Waals surface area contributed by atoms with Crippen LogP contribution in [0, 0.1) is 0 Å². The van der Waals surface area contributed by atoms with E-state index in [0.717, 1.165) is 28.7 Å². The van der Waals surface area contributed by atoms with Crippen molar-refractivity contribution in [3.8, 4) is 0 Å². The molecule has 122 valence electrons. The summed E-state index contributed by atoms with van der Waals surface area (Å²) in [7, 11) is 0. The zero-order valence-electron chi connectivity index (χ0n) is 13.9. The van der Waals surface area contributed by atoms with Gasteiger partial charge < -0.3 is 10.6 Å². The van der Waals surface area contributed by atoms with Crippen LogP contribution in [0.1, 0.15) is 31.0 Å². The third-order valence-electron chi connectivity index (χ3n) is 4.02. The van der Waals surface area contributed by atoms with Gasteiger partial charge in [0.15, 0.2) is 0 Å². The smallest absolute Gasteiger partial charge is 0.221 e. The lowest BCUT2D eigenvalue weighted by atomic mass is 10.1. The van der Waals surface area contributed by atoms with Crippen LogP contribution in [-0.2, 0) is 11.3 Å². The summed E-state index contributed by atoms with van der Waals surface area (Å²) in [6.07, 6.45) is 1.83. The minimum Gasteiger partial charge on any atom is -0.326 e. The summed E-state index contributed by atoms with van der Waals surface area (Å²) in [5.74, 6) is -0.0606. The standard InChI is InChI=1S/C20H21N3O/c1-14(17-7-4-10-19(12-17)23-15(2)24)22-13-18-8-3-6-16-9-5-11-21-20(16)18/h3-12,14,22H,13H2,1-2H3,(H,23,24). The predicted molar refractivity (Wildman–Crippen MR) is 97.7 cm³/mol. The maximum Gasteiger partial charge on any atom is 0.221 e. The van der Waals surface area contributed by atoms with Crippen LogP contribution in [0.15, 0.2) is 60.8 Å². The highest BCUT2D eigenvalue weighted by Gasteiger charge is 2.08. The van der Waals surface area contributed by atoms with Gasteiger partial charge in [-0.25, -0.2) is 0 Å². The highest BCUT2D eigenvalue weighted by molar-refractivity contribution is 5.88. The van der Waals surface area contributed by atoms with E-state index in [-0.39, 0.29) is 11.9 Å². The van der Waals surface area contributed by atoms with E-state index in [1.54, 1.807) is 0 Å². The minimum absolute atomic E-state index is 0.0606. The van der Waals surface area contributed by atoms with Gasteiger partial charge in [0.05, 0.1) is 5.52 Å². The largest absolute Gasteiger partial charge is 0.326 e. The SMILES string of the molecule is CC(=O)Nc1cccc(C(C)NCc2cccc3cccnc23)c1. The summed E-state index contributed by atoms with van der Waals surface area (Å²) in [6.45, 7) is 4.37. The third-order valence-corrected chi connectivity index (χ3v) is 4.02. The van der Waals surface area contributed by atoms with E-state index in [1.165, 1.54) is 12.5 Å². The number of fused-ring (bicyclic) bond motifs is 1. The molecule has 2 aromatic carbocycles. The molecule has 1 atom stereocenters. The average molecular weight is 319 g/mol. The van der Waals surface area contributed by atoms with E-state index in [1.807, 2.05) is 30.5 Å². The summed E-state index contributed by atoms with van der Waals surface area (Å²) in [4.78, 5) is 15.7. The highest BCUT2D eigenvalue weighted by atomic mass is 16.1. The van der Waals surface area contributed by atoms with Crippen molar-refractivity contribution >= 4 is 22.5 Å². The Balaban J connectivity index is 1.73. The third kappa shape index (κ3) is 3.78. The van der Waals surface area contributed by atoms with Crippen LogP contribution < -0.4 is 10.6 Å². The van der Waals surface area contributed by atoms with E-state index in [9.17, 15) is 4.79 Å². The molecule has 0 bridgehead atoms. The Bertz CT molecular complexity index is 855. The fraction of sp³-hybridized carbons (Fsp3) is 0.200. The number of nitrogens with zero attached hydrogens (tertiary/aromatic N) is 1. The molecule has 2 N–H and O–H groups in total. The molecule has 0 aliphatic heterocycles. The summed E-state index contributed by atoms with van der Waals surface area (Å²) >= 11 is 0. The van der Waals surface area contributed by atoms with Gasteiger partial charge in [-0.2, -0.15) is 0 Å². The molecule has 1 unspecified atom stereocenters. The second-order valence-corrected chi connectivity index (χ2v) is 5.90. The lowest BCUT2D eigenvalue weighted by Crippen LogP contribution is -2.18. The fourth-order valence-electron chi connectivity index (χ4n) is 2.78. The van der Waals surface area contributed by atoms with Crippen molar-refractivity contribution < 1.29 is 4.79 Å². The van der Waals surface area contributed by atoms with Crippen LogP contribution >= 0.6 is 0 Å². The summed E-state index contributed by atoms with van der Waals surface area (Å²) in [5, 5.41) is 7.51. The van der Waals surface area contributed by atoms with Gasteiger partial charge >= 0.3 is 0 Å². The molecule has 3 rings (SSSR count). The fourth-order valence-corrected chi connectivity index (χ4v) is 2.78. The van der Waals surface area contributed by atoms with E-state index >= 15 is 0 Å². The number of aromatic nitrogens is 1. The number of nitrogens with one attached hydrogen (secondary N) is 2. The Morgan fingerprint density at radius 1 is 1.12 bits per heavy atom. The topological polar surface area (TPSA) is 54.0 Å². The summed E-state index contributed by atoms with van der Waals surface area (Å²) in [6, 6.07) is 18.3. The number of hydrogen-bond donors (Lipinski definition) is 2. The van der Waals surface area contributed by atoms with Gasteiger partial charge in [-0.05, 0) is 36.2 Å². The lowest BCUT2D eigenvalue weighted by Gasteiger charge is -2.16. The Hall–Kier alpha value is -2.72. The molecular formula is C20H21N3O. The molecule has 1 amide bonds. The molecule has 0 saturated heterocycles. The normalized spacial score (nSPS) is 12.1. The lowest BCUT2D eigenvalue weighted by molar-refractivity contribution is -0.114. The number of amides is 1.